The van der Waals surface area contributed by atoms with Crippen LogP contribution >= 0.6 is 0 Å². The Balaban J connectivity index is 1.82. The summed E-state index contributed by atoms with van der Waals surface area (Å²) in [5.41, 5.74) is -2.28. The molecule has 0 aromatic carbocycles. The van der Waals surface area contributed by atoms with E-state index < -0.39 is 273 Å². The second-order valence-electron chi connectivity index (χ2n) is 33.7. The predicted octanol–water partition coefficient (Wildman–Crippen LogP) is -29.9. The molecule has 770 valence electrons. The van der Waals surface area contributed by atoms with Gasteiger partial charge in [0.05, 0.1) is 128 Å². The van der Waals surface area contributed by atoms with Crippen LogP contribution in [0.5, 0.6) is 0 Å². The van der Waals surface area contributed by atoms with Gasteiger partial charge in [0, 0.05) is 308 Å². The van der Waals surface area contributed by atoms with Crippen molar-refractivity contribution < 1.29 is 157 Å². The number of rotatable bonds is 47. The van der Waals surface area contributed by atoms with Crippen LogP contribution in [0.25, 0.3) is 0 Å². The lowest BCUT2D eigenvalue weighted by Gasteiger charge is -2.37. The molecule has 4 fully saturated rings. The van der Waals surface area contributed by atoms with Gasteiger partial charge in [-0.25, -0.2) is 0 Å². The lowest BCUT2D eigenvalue weighted by Crippen LogP contribution is -2.68. The molecule has 4 unspecified atom stereocenters. The van der Waals surface area contributed by atoms with Crippen molar-refractivity contribution in [1.82, 2.24) is 121 Å². The maximum Gasteiger partial charge on any atom is 0.240 e. The fraction of sp³-hybridized carbons (Fsp3) is 0.750. The van der Waals surface area contributed by atoms with Gasteiger partial charge in [-0.05, 0) is 27.7 Å². The summed E-state index contributed by atoms with van der Waals surface area (Å²) >= 11 is 0. The minimum atomic E-state index is -2.28. The Morgan fingerprint density at radius 3 is 0.434 bits per heavy atom. The van der Waals surface area contributed by atoms with E-state index in [0.29, 0.717) is 0 Å². The van der Waals surface area contributed by atoms with E-state index in [0.717, 1.165) is 0 Å². The van der Waals surface area contributed by atoms with Crippen molar-refractivity contribution in [2.24, 2.45) is 0 Å². The Morgan fingerprint density at radius 2 is 0.309 bits per heavy atom. The average Bonchev–Trinajstić information content (AvgIpc) is 0.833. The molecule has 0 radical (unpaired) electrons. The first-order chi connectivity index (χ1) is 64.1. The second kappa shape index (κ2) is 61.8. The summed E-state index contributed by atoms with van der Waals surface area (Å²) in [6, 6.07) is -4.90. The van der Waals surface area contributed by atoms with Crippen LogP contribution in [0.1, 0.15) is 27.7 Å². The van der Waals surface area contributed by atoms with E-state index in [-0.39, 0.29) is 209 Å². The number of hydrogen-bond donors (Lipinski definition) is 8. The Hall–Kier alpha value is -11.2. The molecular weight excluding hydrogens is 1810 g/mol. The van der Waals surface area contributed by atoms with Gasteiger partial charge in [-0.1, -0.05) is 0 Å². The van der Waals surface area contributed by atoms with Gasteiger partial charge >= 0.3 is 0 Å². The summed E-state index contributed by atoms with van der Waals surface area (Å²) in [5, 5.41) is 163. The number of nitrogens with zero attached hydrogens (tertiary/aromatic N) is 16. The predicted molar refractivity (Wildman–Crippen MR) is 443 cm³/mol. The highest BCUT2D eigenvalue weighted by Gasteiger charge is 2.37. The van der Waals surface area contributed by atoms with Crippen molar-refractivity contribution >= 4 is 119 Å². The molecule has 4 aliphatic heterocycles. The van der Waals surface area contributed by atoms with Gasteiger partial charge in [0.1, 0.15) is 0 Å². The zero-order valence-electron chi connectivity index (χ0n) is 77.1. The number of carbonyl (C=O) groups is 20. The highest BCUT2D eigenvalue weighted by atomic mass is 16.4. The summed E-state index contributed by atoms with van der Waals surface area (Å²) in [5.74, 6) is -25.8. The standard InChI is InChI=1S/C80H138N24O32/c1-56(101-29-21-93(45-68(117)118)13-5-89(41-64(109)110)6-14-94(22-30-101)46-69(119)120)76(133)81-37-60(105)85-53-80(88-63(108)40-84-79(136)59(4)104-35-27-99(51-74(129)130)19-11-92(44-67(115)116)12-20-100(28-36-104)52-75(131)132,54-86-61(106)38-82-77(134)57(2)102-31-23-95(47-70(121)122)15-7-90(42-65(111)112)8-16-96(24-32-102)48-71(123)124)55-87-62(107)39-83-78(135)58(3)103-33-25-97(49-72(125)126)17-9-91(43-66(113)114)10-18-98(26-34-103)50-73(127)128/h56-59H,5-55H2,1-4H3,(H,81,133)(H,82,134)(H,83,135)(H,84,136)(H,85,105)(H,86,106)(H,87,107)(H,88,108)(H,109,110)(H,111,112)(H,113,114)(H,115,116)(H,117,118)(H,119,120)(H,121,122)(H,123,124)(H,125,126)(H,127,128)(H,129,130)(H,131,132)/p-12. The number of hydrogen-bond acceptors (Lipinski definition) is 48. The molecule has 8 N–H and O–H groups in total. The van der Waals surface area contributed by atoms with E-state index in [1.54, 1.807) is 0 Å². The number of carboxylic acid groups (broad SMARTS) is 12. The van der Waals surface area contributed by atoms with Gasteiger partial charge < -0.3 is 161 Å². The van der Waals surface area contributed by atoms with E-state index in [9.17, 15) is 157 Å². The third-order valence-electron chi connectivity index (χ3n) is 23.4. The number of carbonyl (C=O) groups excluding carboxylic acids is 20. The lowest BCUT2D eigenvalue weighted by molar-refractivity contribution is -0.308. The minimum absolute atomic E-state index is 0.0360. The van der Waals surface area contributed by atoms with Crippen LogP contribution in [-0.4, -0.2) is 561 Å². The van der Waals surface area contributed by atoms with Crippen LogP contribution in [0.3, 0.4) is 0 Å². The normalized spacial score (nSPS) is 19.6. The molecule has 8 amide bonds. The number of aliphatic carboxylic acids is 12. The Bertz CT molecular complexity index is 3570. The van der Waals surface area contributed by atoms with E-state index in [1.165, 1.54) is 106 Å². The zero-order chi connectivity index (χ0) is 101. The van der Waals surface area contributed by atoms with Gasteiger partial charge in [0.15, 0.2) is 0 Å². The van der Waals surface area contributed by atoms with Crippen LogP contribution in [0.15, 0.2) is 0 Å². The highest BCUT2D eigenvalue weighted by molar-refractivity contribution is 5.91. The summed E-state index contributed by atoms with van der Waals surface area (Å²) in [7, 11) is 0. The largest absolute Gasteiger partial charge is 0.549 e. The molecule has 4 aliphatic rings. The quantitative estimate of drug-likeness (QED) is 0.0280. The fourth-order valence-electron chi connectivity index (χ4n) is 15.4. The summed E-state index contributed by atoms with van der Waals surface area (Å²) in [6.07, 6.45) is 0. The van der Waals surface area contributed by atoms with Crippen molar-refractivity contribution in [3.63, 3.8) is 0 Å². The van der Waals surface area contributed by atoms with E-state index in [2.05, 4.69) is 42.5 Å². The van der Waals surface area contributed by atoms with E-state index in [4.69, 9.17) is 0 Å². The molecule has 0 saturated carbocycles. The monoisotopic (exact) mass is 1930 g/mol. The van der Waals surface area contributed by atoms with E-state index in [1.807, 2.05) is 0 Å². The minimum Gasteiger partial charge on any atom is -0.549 e. The first kappa shape index (κ1) is 117. The molecule has 0 bridgehead atoms. The molecule has 4 saturated heterocycles. The van der Waals surface area contributed by atoms with Crippen LogP contribution < -0.4 is 104 Å². The number of amides is 8. The summed E-state index contributed by atoms with van der Waals surface area (Å²) < 4.78 is 0. The average molecular weight is 1940 g/mol. The van der Waals surface area contributed by atoms with Gasteiger partial charge in [-0.3, -0.25) is 117 Å². The number of nitrogens with one attached hydrogen (secondary N) is 8. The van der Waals surface area contributed by atoms with Crippen LogP contribution in [-0.2, 0) is 95.9 Å². The van der Waals surface area contributed by atoms with Crippen molar-refractivity contribution in [1.29, 1.82) is 0 Å². The molecule has 0 spiro atoms. The van der Waals surface area contributed by atoms with Gasteiger partial charge in [-0.2, -0.15) is 0 Å². The first-order valence-corrected chi connectivity index (χ1v) is 44.4. The zero-order valence-corrected chi connectivity index (χ0v) is 77.1. The third-order valence-corrected chi connectivity index (χ3v) is 23.4. The first-order valence-electron chi connectivity index (χ1n) is 44.4. The molecule has 4 rings (SSSR count). The van der Waals surface area contributed by atoms with Gasteiger partial charge in [0.2, 0.25) is 47.3 Å². The maximum absolute atomic E-state index is 14.9. The molecular formula is C80H126N24O32-12. The van der Waals surface area contributed by atoms with Crippen molar-refractivity contribution in [3.05, 3.63) is 0 Å². The third kappa shape index (κ3) is 49.5. The van der Waals surface area contributed by atoms with Crippen LogP contribution in [0.2, 0.25) is 0 Å². The topological polar surface area (TPSA) is 766 Å². The summed E-state index contributed by atoms with van der Waals surface area (Å²) in [6.45, 7) is -10.8. The Morgan fingerprint density at radius 1 is 0.191 bits per heavy atom. The van der Waals surface area contributed by atoms with E-state index >= 15 is 0 Å². The smallest absolute Gasteiger partial charge is 0.240 e. The number of carboxylic acids is 12. The van der Waals surface area contributed by atoms with Crippen LogP contribution in [0, 0.1) is 0 Å². The summed E-state index contributed by atoms with van der Waals surface area (Å²) in [4.78, 5) is 281. The molecule has 0 aromatic rings. The van der Waals surface area contributed by atoms with Gasteiger partial charge in [-0.15, -0.1) is 0 Å². The maximum atomic E-state index is 14.9. The van der Waals surface area contributed by atoms with Gasteiger partial charge in [0.25, 0.3) is 0 Å². The van der Waals surface area contributed by atoms with Crippen molar-refractivity contribution in [2.75, 3.05) is 334 Å². The van der Waals surface area contributed by atoms with Crippen LogP contribution in [0.4, 0.5) is 0 Å². The molecule has 56 nitrogen and oxygen atoms in total. The van der Waals surface area contributed by atoms with Crippen molar-refractivity contribution in [3.8, 4) is 0 Å². The lowest BCUT2D eigenvalue weighted by atomic mass is 9.98. The Kier molecular flexibility index (Phi) is 53.2. The molecule has 4 heterocycles. The van der Waals surface area contributed by atoms with Crippen molar-refractivity contribution in [2.45, 2.75) is 57.4 Å². The SMILES string of the molecule is CC(C(=O)NCC(=O)NCC(CNC(=O)CNC(=O)C(C)N1CCN(CC(=O)[O-])CCN(CC(=O)[O-])CCN(CC(=O)[O-])CC1)(CNC(=O)CNC(=O)C(C)N1CCN(CC(=O)[O-])CCN(CC(=O)[O-])CCN(CC(=O)[O-])CC1)NC(=O)CNC(=O)C(C)N1CCN(CC(=O)[O-])CCN(CC(=O)[O-])CCN(CC(=O)[O-])CC1)N1CCN(CC(=O)[O-])CCN(CC(=O)[O-])CCN(CC(=O)[O-])CC1. The molecule has 136 heavy (non-hydrogen) atoms. The highest BCUT2D eigenvalue weighted by Crippen LogP contribution is 2.13. The molecule has 0 aromatic heterocycles. The Labute approximate surface area is 785 Å². The molecule has 0 aliphatic carbocycles. The second-order valence-corrected chi connectivity index (χ2v) is 33.7. The molecule has 4 atom stereocenters. The fourth-order valence-corrected chi connectivity index (χ4v) is 15.4. The molecule has 56 heteroatoms.